The van der Waals surface area contributed by atoms with E-state index in [4.69, 9.17) is 19.5 Å². The molecule has 0 saturated carbocycles. The highest BCUT2D eigenvalue weighted by Crippen LogP contribution is 1.89. The van der Waals surface area contributed by atoms with Crippen LogP contribution in [0.3, 0.4) is 0 Å². The van der Waals surface area contributed by atoms with E-state index in [1.54, 1.807) is 13.8 Å². The van der Waals surface area contributed by atoms with E-state index in [2.05, 4.69) is 10.6 Å². The third-order valence-electron chi connectivity index (χ3n) is 1.46. The third kappa shape index (κ3) is 12.4. The minimum atomic E-state index is -0.960. The lowest BCUT2D eigenvalue weighted by molar-refractivity contribution is -0.152. The van der Waals surface area contributed by atoms with Gasteiger partial charge in [0.25, 0.3) is 0 Å². The van der Waals surface area contributed by atoms with E-state index in [1.807, 2.05) is 0 Å². The molecule has 0 atom stereocenters. The second kappa shape index (κ2) is 10.5. The van der Waals surface area contributed by atoms with E-state index in [1.165, 1.54) is 0 Å². The van der Waals surface area contributed by atoms with Gasteiger partial charge in [0.05, 0.1) is 25.2 Å². The summed E-state index contributed by atoms with van der Waals surface area (Å²) in [5, 5.41) is 11.9. The van der Waals surface area contributed by atoms with Crippen LogP contribution < -0.4 is 5.48 Å². The summed E-state index contributed by atoms with van der Waals surface area (Å²) in [4.78, 5) is 30.7. The monoisotopic (exact) mass is 262 g/mol. The van der Waals surface area contributed by atoms with Crippen molar-refractivity contribution < 1.29 is 29.1 Å². The fraction of sp³-hybridized carbons (Fsp3) is 0.700. The largest absolute Gasteiger partial charge is 0.481 e. The van der Waals surface area contributed by atoms with Crippen molar-refractivity contribution in [2.75, 3.05) is 19.9 Å². The zero-order chi connectivity index (χ0) is 13.8. The van der Waals surface area contributed by atoms with E-state index < -0.39 is 11.9 Å². The van der Waals surface area contributed by atoms with Crippen LogP contribution in [0.15, 0.2) is 5.16 Å². The lowest BCUT2D eigenvalue weighted by atomic mass is 10.5. The molecule has 2 N–H and O–H groups in total. The maximum absolute atomic E-state index is 11.1. The summed E-state index contributed by atoms with van der Waals surface area (Å²) in [5.41, 5.74) is 3.07. The summed E-state index contributed by atoms with van der Waals surface area (Å²) in [6.45, 7) is 3.55. The quantitative estimate of drug-likeness (QED) is 0.191. The molecule has 8 nitrogen and oxygen atoms in total. The van der Waals surface area contributed by atoms with E-state index in [0.29, 0.717) is 0 Å². The number of carboxylic acid groups (broad SMARTS) is 1. The smallest absolute Gasteiger partial charge is 0.310 e. The maximum Gasteiger partial charge on any atom is 0.310 e. The maximum atomic E-state index is 11.1. The Balaban J connectivity index is 3.32. The number of carboxylic acids is 1. The summed E-state index contributed by atoms with van der Waals surface area (Å²) in [6.07, 6.45) is -0.0449. The minimum absolute atomic E-state index is 0.000483. The first kappa shape index (κ1) is 16.3. The average Bonchev–Trinajstić information content (AvgIpc) is 2.28. The molecule has 0 radical (unpaired) electrons. The van der Waals surface area contributed by atoms with Gasteiger partial charge < -0.3 is 14.7 Å². The molecule has 0 aliphatic carbocycles. The molecule has 0 aliphatic heterocycles. The van der Waals surface area contributed by atoms with Gasteiger partial charge >= 0.3 is 11.9 Å². The molecule has 0 spiro atoms. The molecule has 0 unspecified atom stereocenters. The predicted molar refractivity (Wildman–Crippen MR) is 61.7 cm³/mol. The standard InChI is InChI=1S/C10H18N2O6/c1-8(2)12-18-6-4-10(15)16-7-11-17-5-3-9(13)14/h11H,3-7H2,1-2H3,(H,13,14). The van der Waals surface area contributed by atoms with Gasteiger partial charge in [0, 0.05) is 0 Å². The number of carbonyl (C=O) groups excluding carboxylic acids is 1. The van der Waals surface area contributed by atoms with Gasteiger partial charge in [-0.15, -0.1) is 0 Å². The van der Waals surface area contributed by atoms with Crippen LogP contribution in [0.4, 0.5) is 0 Å². The first-order chi connectivity index (χ1) is 8.52. The molecular weight excluding hydrogens is 244 g/mol. The van der Waals surface area contributed by atoms with Gasteiger partial charge in [-0.2, -0.15) is 5.48 Å². The highest BCUT2D eigenvalue weighted by molar-refractivity contribution is 5.78. The van der Waals surface area contributed by atoms with Crippen LogP contribution in [0.1, 0.15) is 26.7 Å². The number of rotatable bonds is 10. The van der Waals surface area contributed by atoms with Crippen LogP contribution in [0.25, 0.3) is 0 Å². The Hall–Kier alpha value is -1.67. The van der Waals surface area contributed by atoms with Gasteiger partial charge in [-0.1, -0.05) is 5.16 Å². The van der Waals surface area contributed by atoms with Crippen molar-refractivity contribution >= 4 is 17.7 Å². The molecule has 0 fully saturated rings. The van der Waals surface area contributed by atoms with Gasteiger partial charge in [-0.05, 0) is 13.8 Å². The van der Waals surface area contributed by atoms with Crippen LogP contribution in [0.5, 0.6) is 0 Å². The molecule has 104 valence electrons. The van der Waals surface area contributed by atoms with Crippen molar-refractivity contribution in [1.29, 1.82) is 0 Å². The normalized spacial score (nSPS) is 9.67. The molecule has 0 rings (SSSR count). The van der Waals surface area contributed by atoms with Crippen LogP contribution in [0, 0.1) is 0 Å². The fourth-order valence-electron chi connectivity index (χ4n) is 0.738. The molecule has 18 heavy (non-hydrogen) atoms. The Labute approximate surface area is 105 Å². The van der Waals surface area contributed by atoms with Gasteiger partial charge in [0.2, 0.25) is 0 Å². The Kier molecular flexibility index (Phi) is 9.51. The van der Waals surface area contributed by atoms with E-state index in [9.17, 15) is 9.59 Å². The SMILES string of the molecule is CC(C)=NOCCC(=O)OCNOCCC(=O)O. The number of ether oxygens (including phenoxy) is 1. The molecule has 8 heteroatoms. The third-order valence-corrected chi connectivity index (χ3v) is 1.46. The number of nitrogens with zero attached hydrogens (tertiary/aromatic N) is 1. The van der Waals surface area contributed by atoms with Gasteiger partial charge in [0.1, 0.15) is 6.61 Å². The van der Waals surface area contributed by atoms with Crippen molar-refractivity contribution in [1.82, 2.24) is 5.48 Å². The molecule has 0 aromatic heterocycles. The number of carbonyl (C=O) groups is 2. The Bertz CT molecular complexity index is 288. The molecule has 0 aromatic rings. The summed E-state index contributed by atoms with van der Waals surface area (Å²) < 4.78 is 4.71. The molecule has 0 aliphatic rings. The first-order valence-electron chi connectivity index (χ1n) is 5.37. The number of hydrogen-bond acceptors (Lipinski definition) is 7. The summed E-state index contributed by atoms with van der Waals surface area (Å²) >= 11 is 0. The summed E-state index contributed by atoms with van der Waals surface area (Å²) in [5.74, 6) is -1.42. The van der Waals surface area contributed by atoms with Crippen molar-refractivity contribution in [3.05, 3.63) is 0 Å². The Morgan fingerprint density at radius 3 is 2.56 bits per heavy atom. The zero-order valence-electron chi connectivity index (χ0n) is 10.5. The van der Waals surface area contributed by atoms with E-state index in [0.717, 1.165) is 5.71 Å². The van der Waals surface area contributed by atoms with Crippen LogP contribution in [-0.4, -0.2) is 42.7 Å². The Morgan fingerprint density at radius 1 is 1.22 bits per heavy atom. The predicted octanol–water partition coefficient (Wildman–Crippen LogP) is 0.286. The highest BCUT2D eigenvalue weighted by Gasteiger charge is 2.02. The number of nitrogens with one attached hydrogen (secondary N) is 1. The zero-order valence-corrected chi connectivity index (χ0v) is 10.5. The van der Waals surface area contributed by atoms with Crippen molar-refractivity contribution in [3.8, 4) is 0 Å². The summed E-state index contributed by atoms with van der Waals surface area (Å²) in [7, 11) is 0. The molecule has 0 saturated heterocycles. The van der Waals surface area contributed by atoms with Crippen molar-refractivity contribution in [2.24, 2.45) is 5.16 Å². The van der Waals surface area contributed by atoms with Gasteiger partial charge in [-0.3, -0.25) is 14.4 Å². The average molecular weight is 262 g/mol. The molecular formula is C10H18N2O6. The van der Waals surface area contributed by atoms with Crippen LogP contribution >= 0.6 is 0 Å². The number of oxime groups is 1. The highest BCUT2D eigenvalue weighted by atomic mass is 16.7. The van der Waals surface area contributed by atoms with Gasteiger partial charge in [-0.25, -0.2) is 0 Å². The van der Waals surface area contributed by atoms with Gasteiger partial charge in [0.15, 0.2) is 6.73 Å². The van der Waals surface area contributed by atoms with E-state index >= 15 is 0 Å². The lowest BCUT2D eigenvalue weighted by Gasteiger charge is -2.06. The second-order valence-electron chi connectivity index (χ2n) is 3.42. The van der Waals surface area contributed by atoms with Crippen molar-refractivity contribution in [3.63, 3.8) is 0 Å². The number of esters is 1. The van der Waals surface area contributed by atoms with E-state index in [-0.39, 0.29) is 32.8 Å². The molecule has 0 bridgehead atoms. The van der Waals surface area contributed by atoms with Crippen molar-refractivity contribution in [2.45, 2.75) is 26.7 Å². The fourth-order valence-corrected chi connectivity index (χ4v) is 0.738. The Morgan fingerprint density at radius 2 is 1.94 bits per heavy atom. The summed E-state index contributed by atoms with van der Waals surface area (Å²) in [6, 6.07) is 0. The molecule has 0 heterocycles. The second-order valence-corrected chi connectivity index (χ2v) is 3.42. The lowest BCUT2D eigenvalue weighted by Crippen LogP contribution is -2.23. The first-order valence-corrected chi connectivity index (χ1v) is 5.37. The molecule has 0 amide bonds. The van der Waals surface area contributed by atoms with Crippen LogP contribution in [0.2, 0.25) is 0 Å². The molecule has 0 aromatic carbocycles. The number of hydroxylamine groups is 1. The number of aliphatic carboxylic acids is 1. The number of hydrogen-bond donors (Lipinski definition) is 2. The minimum Gasteiger partial charge on any atom is -0.481 e. The topological polar surface area (TPSA) is 106 Å². The van der Waals surface area contributed by atoms with Crippen LogP contribution in [-0.2, 0) is 24.0 Å².